The van der Waals surface area contributed by atoms with Gasteiger partial charge in [0.05, 0.1) is 5.60 Å². The zero-order valence-corrected chi connectivity index (χ0v) is 12.6. The number of hydrogen-bond donors (Lipinski definition) is 2. The maximum absolute atomic E-state index is 11.9. The highest BCUT2D eigenvalue weighted by Crippen LogP contribution is 2.11. The SMILES string of the molecule is CC(Oc1ccccc1)C(=O)NCC(C)(O)CN(C)C. The molecule has 2 unspecified atom stereocenters. The van der Waals surface area contributed by atoms with E-state index in [0.717, 1.165) is 0 Å². The second-order valence-corrected chi connectivity index (χ2v) is 5.53. The van der Waals surface area contributed by atoms with Crippen LogP contribution in [0.25, 0.3) is 0 Å². The van der Waals surface area contributed by atoms with Gasteiger partial charge in [-0.05, 0) is 40.1 Å². The molecule has 1 amide bonds. The van der Waals surface area contributed by atoms with E-state index in [4.69, 9.17) is 4.74 Å². The van der Waals surface area contributed by atoms with Crippen LogP contribution < -0.4 is 10.1 Å². The lowest BCUT2D eigenvalue weighted by Gasteiger charge is -2.27. The Bertz CT molecular complexity index is 418. The zero-order valence-electron chi connectivity index (χ0n) is 12.6. The van der Waals surface area contributed by atoms with Crippen molar-refractivity contribution in [2.45, 2.75) is 25.6 Å². The van der Waals surface area contributed by atoms with Crippen LogP contribution in [0.5, 0.6) is 5.75 Å². The van der Waals surface area contributed by atoms with Crippen LogP contribution in [-0.2, 0) is 4.79 Å². The molecule has 0 aliphatic heterocycles. The molecule has 5 nitrogen and oxygen atoms in total. The largest absolute Gasteiger partial charge is 0.481 e. The first-order chi connectivity index (χ1) is 9.30. The molecular weight excluding hydrogens is 256 g/mol. The lowest BCUT2D eigenvalue weighted by molar-refractivity contribution is -0.128. The van der Waals surface area contributed by atoms with Gasteiger partial charge < -0.3 is 20.1 Å². The number of carbonyl (C=O) groups excluding carboxylic acids is 1. The average Bonchev–Trinajstić information content (AvgIpc) is 2.35. The van der Waals surface area contributed by atoms with E-state index in [2.05, 4.69) is 5.32 Å². The molecule has 1 rings (SSSR count). The number of nitrogens with zero attached hydrogens (tertiary/aromatic N) is 1. The fourth-order valence-electron chi connectivity index (χ4n) is 1.92. The number of carbonyl (C=O) groups is 1. The number of para-hydroxylation sites is 1. The second kappa shape index (κ2) is 7.26. The van der Waals surface area contributed by atoms with Gasteiger partial charge >= 0.3 is 0 Å². The zero-order chi connectivity index (χ0) is 15.2. The Balaban J connectivity index is 2.42. The lowest BCUT2D eigenvalue weighted by atomic mass is 10.1. The van der Waals surface area contributed by atoms with Gasteiger partial charge in [0, 0.05) is 13.1 Å². The van der Waals surface area contributed by atoms with Crippen molar-refractivity contribution in [1.29, 1.82) is 0 Å². The summed E-state index contributed by atoms with van der Waals surface area (Å²) in [6, 6.07) is 9.18. The topological polar surface area (TPSA) is 61.8 Å². The Labute approximate surface area is 120 Å². The molecule has 1 aromatic rings. The van der Waals surface area contributed by atoms with Crippen molar-refractivity contribution in [1.82, 2.24) is 10.2 Å². The predicted octanol–water partition coefficient (Wildman–Crippen LogP) is 0.883. The molecule has 0 saturated heterocycles. The quantitative estimate of drug-likeness (QED) is 0.778. The van der Waals surface area contributed by atoms with Crippen molar-refractivity contribution < 1.29 is 14.6 Å². The van der Waals surface area contributed by atoms with E-state index < -0.39 is 11.7 Å². The molecule has 2 atom stereocenters. The fraction of sp³-hybridized carbons (Fsp3) is 0.533. The van der Waals surface area contributed by atoms with Gasteiger partial charge in [-0.2, -0.15) is 0 Å². The number of benzene rings is 1. The van der Waals surface area contributed by atoms with Crippen LogP contribution in [0.15, 0.2) is 30.3 Å². The average molecular weight is 280 g/mol. The van der Waals surface area contributed by atoms with Crippen LogP contribution in [0.3, 0.4) is 0 Å². The number of ether oxygens (including phenoxy) is 1. The highest BCUT2D eigenvalue weighted by atomic mass is 16.5. The van der Waals surface area contributed by atoms with Gasteiger partial charge in [0.1, 0.15) is 5.75 Å². The van der Waals surface area contributed by atoms with E-state index in [1.54, 1.807) is 26.0 Å². The Morgan fingerprint density at radius 2 is 2.00 bits per heavy atom. The third-order valence-electron chi connectivity index (χ3n) is 2.73. The van der Waals surface area contributed by atoms with Gasteiger partial charge in [0.2, 0.25) is 0 Å². The van der Waals surface area contributed by atoms with Crippen LogP contribution in [-0.4, -0.2) is 54.8 Å². The van der Waals surface area contributed by atoms with Crippen molar-refractivity contribution in [2.24, 2.45) is 0 Å². The molecule has 0 saturated carbocycles. The van der Waals surface area contributed by atoms with Gasteiger partial charge in [0.15, 0.2) is 6.10 Å². The molecule has 0 aliphatic carbocycles. The number of likely N-dealkylation sites (N-methyl/N-ethyl adjacent to an activating group) is 1. The summed E-state index contributed by atoms with van der Waals surface area (Å²) in [6.07, 6.45) is -0.604. The standard InChI is InChI=1S/C15H24N2O3/c1-12(20-13-8-6-5-7-9-13)14(18)16-10-15(2,19)11-17(3)4/h5-9,12,19H,10-11H2,1-4H3,(H,16,18). The highest BCUT2D eigenvalue weighted by Gasteiger charge is 2.24. The third kappa shape index (κ3) is 6.04. The summed E-state index contributed by atoms with van der Waals surface area (Å²) in [6.45, 7) is 4.03. The Hall–Kier alpha value is -1.59. The molecule has 0 aromatic heterocycles. The Kier molecular flexibility index (Phi) is 5.98. The van der Waals surface area contributed by atoms with Gasteiger partial charge in [0.25, 0.3) is 5.91 Å². The van der Waals surface area contributed by atoms with Crippen LogP contribution in [0.4, 0.5) is 0 Å². The molecular formula is C15H24N2O3. The van der Waals surface area contributed by atoms with Crippen molar-refractivity contribution >= 4 is 5.91 Å². The van der Waals surface area contributed by atoms with Crippen molar-refractivity contribution in [3.63, 3.8) is 0 Å². The first kappa shape index (κ1) is 16.5. The minimum absolute atomic E-state index is 0.187. The molecule has 0 bridgehead atoms. The molecule has 2 N–H and O–H groups in total. The third-order valence-corrected chi connectivity index (χ3v) is 2.73. The van der Waals surface area contributed by atoms with Crippen LogP contribution in [0, 0.1) is 0 Å². The predicted molar refractivity (Wildman–Crippen MR) is 78.7 cm³/mol. The van der Waals surface area contributed by atoms with E-state index in [1.807, 2.05) is 37.2 Å². The van der Waals surface area contributed by atoms with Gasteiger partial charge in [-0.15, -0.1) is 0 Å². The number of amides is 1. The molecule has 1 aromatic carbocycles. The second-order valence-electron chi connectivity index (χ2n) is 5.53. The van der Waals surface area contributed by atoms with Crippen molar-refractivity contribution in [2.75, 3.05) is 27.2 Å². The summed E-state index contributed by atoms with van der Waals surface area (Å²) < 4.78 is 5.52. The molecule has 20 heavy (non-hydrogen) atoms. The smallest absolute Gasteiger partial charge is 0.260 e. The minimum atomic E-state index is -0.967. The summed E-state index contributed by atoms with van der Waals surface area (Å²) >= 11 is 0. The minimum Gasteiger partial charge on any atom is -0.481 e. The van der Waals surface area contributed by atoms with Crippen LogP contribution in [0.2, 0.25) is 0 Å². The van der Waals surface area contributed by atoms with E-state index >= 15 is 0 Å². The molecule has 0 spiro atoms. The molecule has 0 heterocycles. The van der Waals surface area contributed by atoms with Crippen molar-refractivity contribution in [3.05, 3.63) is 30.3 Å². The van der Waals surface area contributed by atoms with E-state index in [1.165, 1.54) is 0 Å². The summed E-state index contributed by atoms with van der Waals surface area (Å²) in [5.74, 6) is 0.406. The van der Waals surface area contributed by atoms with Gasteiger partial charge in [-0.1, -0.05) is 18.2 Å². The summed E-state index contributed by atoms with van der Waals surface area (Å²) in [5, 5.41) is 12.8. The monoisotopic (exact) mass is 280 g/mol. The molecule has 0 radical (unpaired) electrons. The number of aliphatic hydroxyl groups is 1. The summed E-state index contributed by atoms with van der Waals surface area (Å²) in [4.78, 5) is 13.8. The number of hydrogen-bond acceptors (Lipinski definition) is 4. The maximum Gasteiger partial charge on any atom is 0.260 e. The van der Waals surface area contributed by atoms with E-state index in [9.17, 15) is 9.90 Å². The fourth-order valence-corrected chi connectivity index (χ4v) is 1.92. The normalized spacial score (nSPS) is 15.5. The molecule has 112 valence electrons. The lowest BCUT2D eigenvalue weighted by Crippen LogP contribution is -2.49. The Morgan fingerprint density at radius 3 is 2.55 bits per heavy atom. The van der Waals surface area contributed by atoms with Gasteiger partial charge in [-0.25, -0.2) is 0 Å². The first-order valence-corrected chi connectivity index (χ1v) is 6.67. The number of rotatable bonds is 7. The van der Waals surface area contributed by atoms with E-state index in [0.29, 0.717) is 12.3 Å². The van der Waals surface area contributed by atoms with Gasteiger partial charge in [-0.3, -0.25) is 4.79 Å². The maximum atomic E-state index is 11.9. The van der Waals surface area contributed by atoms with Crippen LogP contribution in [0.1, 0.15) is 13.8 Å². The van der Waals surface area contributed by atoms with E-state index in [-0.39, 0.29) is 12.5 Å². The highest BCUT2D eigenvalue weighted by molar-refractivity contribution is 5.80. The molecule has 5 heteroatoms. The summed E-state index contributed by atoms with van der Waals surface area (Å²) in [5.41, 5.74) is -0.967. The molecule has 0 aliphatic rings. The molecule has 0 fully saturated rings. The number of nitrogens with one attached hydrogen (secondary N) is 1. The van der Waals surface area contributed by atoms with Crippen LogP contribution >= 0.6 is 0 Å². The van der Waals surface area contributed by atoms with Crippen molar-refractivity contribution in [3.8, 4) is 5.75 Å². The Morgan fingerprint density at radius 1 is 1.40 bits per heavy atom. The summed E-state index contributed by atoms with van der Waals surface area (Å²) in [7, 11) is 3.74. The first-order valence-electron chi connectivity index (χ1n) is 6.67.